The second kappa shape index (κ2) is 5.39. The molecule has 1 aromatic carbocycles. The van der Waals surface area contributed by atoms with Crippen molar-refractivity contribution in [1.82, 2.24) is 10.2 Å². The molecule has 0 spiro atoms. The van der Waals surface area contributed by atoms with Crippen molar-refractivity contribution in [2.45, 2.75) is 31.7 Å². The minimum atomic E-state index is -0.419. The number of amides is 2. The van der Waals surface area contributed by atoms with E-state index in [-0.39, 0.29) is 23.3 Å². The summed E-state index contributed by atoms with van der Waals surface area (Å²) in [6.45, 7) is 6.69. The van der Waals surface area contributed by atoms with Crippen molar-refractivity contribution in [3.05, 3.63) is 35.4 Å². The third kappa shape index (κ3) is 2.73. The molecule has 2 amide bonds. The SMILES string of the molecule is CC1(C)CNCCN1C(=O)C1CC1c1ccc(C(N)=O)cc1. The lowest BCUT2D eigenvalue weighted by Gasteiger charge is -2.43. The number of hydrogen-bond acceptors (Lipinski definition) is 3. The highest BCUT2D eigenvalue weighted by molar-refractivity contribution is 5.92. The number of carbonyl (C=O) groups is 2. The Labute approximate surface area is 130 Å². The van der Waals surface area contributed by atoms with E-state index in [0.717, 1.165) is 31.6 Å². The second-order valence-corrected chi connectivity index (χ2v) is 6.91. The van der Waals surface area contributed by atoms with Gasteiger partial charge in [0.15, 0.2) is 0 Å². The molecule has 1 aromatic rings. The van der Waals surface area contributed by atoms with E-state index >= 15 is 0 Å². The van der Waals surface area contributed by atoms with Crippen LogP contribution in [0.15, 0.2) is 24.3 Å². The molecule has 3 N–H and O–H groups in total. The molecule has 1 saturated carbocycles. The van der Waals surface area contributed by atoms with Crippen LogP contribution in [0.3, 0.4) is 0 Å². The fourth-order valence-corrected chi connectivity index (χ4v) is 3.32. The summed E-state index contributed by atoms with van der Waals surface area (Å²) in [5, 5.41) is 3.34. The second-order valence-electron chi connectivity index (χ2n) is 6.91. The summed E-state index contributed by atoms with van der Waals surface area (Å²) in [6.07, 6.45) is 0.898. The minimum Gasteiger partial charge on any atom is -0.366 e. The van der Waals surface area contributed by atoms with Crippen LogP contribution in [0.1, 0.15) is 42.1 Å². The fourth-order valence-electron chi connectivity index (χ4n) is 3.32. The maximum Gasteiger partial charge on any atom is 0.248 e. The van der Waals surface area contributed by atoms with Crippen LogP contribution in [-0.4, -0.2) is 41.9 Å². The van der Waals surface area contributed by atoms with Crippen LogP contribution in [0.2, 0.25) is 0 Å². The van der Waals surface area contributed by atoms with Gasteiger partial charge in [0, 0.05) is 36.7 Å². The van der Waals surface area contributed by atoms with Crippen LogP contribution in [0.25, 0.3) is 0 Å². The Balaban J connectivity index is 1.68. The van der Waals surface area contributed by atoms with Gasteiger partial charge in [0.2, 0.25) is 11.8 Å². The smallest absolute Gasteiger partial charge is 0.248 e. The molecule has 22 heavy (non-hydrogen) atoms. The zero-order chi connectivity index (χ0) is 15.9. The van der Waals surface area contributed by atoms with Gasteiger partial charge in [-0.2, -0.15) is 0 Å². The summed E-state index contributed by atoms with van der Waals surface area (Å²) in [4.78, 5) is 25.9. The van der Waals surface area contributed by atoms with E-state index in [1.54, 1.807) is 12.1 Å². The highest BCUT2D eigenvalue weighted by Crippen LogP contribution is 2.49. The number of nitrogens with zero attached hydrogens (tertiary/aromatic N) is 1. The number of piperazine rings is 1. The first-order chi connectivity index (χ1) is 10.4. The molecule has 1 heterocycles. The molecule has 0 aromatic heterocycles. The molecule has 0 radical (unpaired) electrons. The molecule has 5 nitrogen and oxygen atoms in total. The highest BCUT2D eigenvalue weighted by atomic mass is 16.2. The van der Waals surface area contributed by atoms with Crippen LogP contribution in [-0.2, 0) is 4.79 Å². The van der Waals surface area contributed by atoms with Gasteiger partial charge < -0.3 is 16.0 Å². The molecule has 0 bridgehead atoms. The Morgan fingerprint density at radius 2 is 1.95 bits per heavy atom. The third-order valence-corrected chi connectivity index (χ3v) is 4.80. The van der Waals surface area contributed by atoms with Crippen LogP contribution < -0.4 is 11.1 Å². The van der Waals surface area contributed by atoms with E-state index < -0.39 is 5.91 Å². The summed E-state index contributed by atoms with van der Waals surface area (Å²) in [7, 11) is 0. The topological polar surface area (TPSA) is 75.4 Å². The number of benzene rings is 1. The predicted molar refractivity (Wildman–Crippen MR) is 84.5 cm³/mol. The van der Waals surface area contributed by atoms with Crippen molar-refractivity contribution in [2.24, 2.45) is 11.7 Å². The number of primary amides is 1. The van der Waals surface area contributed by atoms with E-state index in [9.17, 15) is 9.59 Å². The maximum atomic E-state index is 12.8. The molecular weight excluding hydrogens is 278 g/mol. The van der Waals surface area contributed by atoms with Crippen LogP contribution in [0.5, 0.6) is 0 Å². The Hall–Kier alpha value is -1.88. The lowest BCUT2D eigenvalue weighted by molar-refractivity contribution is -0.139. The first-order valence-corrected chi connectivity index (χ1v) is 7.82. The highest BCUT2D eigenvalue weighted by Gasteiger charge is 2.48. The Morgan fingerprint density at radius 3 is 2.55 bits per heavy atom. The van der Waals surface area contributed by atoms with Gasteiger partial charge in [0.25, 0.3) is 0 Å². The van der Waals surface area contributed by atoms with Crippen molar-refractivity contribution >= 4 is 11.8 Å². The van der Waals surface area contributed by atoms with Gasteiger partial charge in [-0.1, -0.05) is 12.1 Å². The van der Waals surface area contributed by atoms with Crippen molar-refractivity contribution in [1.29, 1.82) is 0 Å². The van der Waals surface area contributed by atoms with Crippen LogP contribution in [0, 0.1) is 5.92 Å². The van der Waals surface area contributed by atoms with Gasteiger partial charge in [-0.15, -0.1) is 0 Å². The molecule has 2 fully saturated rings. The number of hydrogen-bond donors (Lipinski definition) is 2. The van der Waals surface area contributed by atoms with Gasteiger partial charge in [-0.05, 0) is 43.9 Å². The Kier molecular flexibility index (Phi) is 3.68. The first-order valence-electron chi connectivity index (χ1n) is 7.82. The quantitative estimate of drug-likeness (QED) is 0.878. The number of carbonyl (C=O) groups excluding carboxylic acids is 2. The van der Waals surface area contributed by atoms with E-state index in [1.165, 1.54) is 0 Å². The monoisotopic (exact) mass is 301 g/mol. The largest absolute Gasteiger partial charge is 0.366 e. The Bertz CT molecular complexity index is 594. The average molecular weight is 301 g/mol. The normalized spacial score (nSPS) is 26.5. The summed E-state index contributed by atoms with van der Waals surface area (Å²) >= 11 is 0. The summed E-state index contributed by atoms with van der Waals surface area (Å²) in [6, 6.07) is 7.32. The molecule has 1 aliphatic heterocycles. The summed E-state index contributed by atoms with van der Waals surface area (Å²) < 4.78 is 0. The molecule has 2 unspecified atom stereocenters. The number of rotatable bonds is 3. The number of nitrogens with two attached hydrogens (primary N) is 1. The fraction of sp³-hybridized carbons (Fsp3) is 0.529. The average Bonchev–Trinajstić information content (AvgIpc) is 3.27. The predicted octanol–water partition coefficient (Wildman–Crippen LogP) is 1.10. The van der Waals surface area contributed by atoms with Crippen LogP contribution in [0.4, 0.5) is 0 Å². The molecule has 1 saturated heterocycles. The van der Waals surface area contributed by atoms with E-state index in [1.807, 2.05) is 17.0 Å². The molecular formula is C17H23N3O2. The minimum absolute atomic E-state index is 0.0804. The molecule has 2 atom stereocenters. The van der Waals surface area contributed by atoms with Crippen molar-refractivity contribution < 1.29 is 9.59 Å². The molecule has 2 aliphatic rings. The summed E-state index contributed by atoms with van der Waals surface area (Å²) in [5.74, 6) is 0.199. The Morgan fingerprint density at radius 1 is 1.27 bits per heavy atom. The zero-order valence-electron chi connectivity index (χ0n) is 13.1. The lowest BCUT2D eigenvalue weighted by Crippen LogP contribution is -2.60. The van der Waals surface area contributed by atoms with Crippen molar-refractivity contribution in [3.63, 3.8) is 0 Å². The third-order valence-electron chi connectivity index (χ3n) is 4.80. The van der Waals surface area contributed by atoms with Gasteiger partial charge in [0.05, 0.1) is 0 Å². The van der Waals surface area contributed by atoms with E-state index in [2.05, 4.69) is 19.2 Å². The van der Waals surface area contributed by atoms with Crippen LogP contribution >= 0.6 is 0 Å². The first kappa shape index (κ1) is 15.0. The van der Waals surface area contributed by atoms with Gasteiger partial charge in [-0.25, -0.2) is 0 Å². The molecule has 3 rings (SSSR count). The van der Waals surface area contributed by atoms with Crippen molar-refractivity contribution in [2.75, 3.05) is 19.6 Å². The number of nitrogens with one attached hydrogen (secondary N) is 1. The lowest BCUT2D eigenvalue weighted by atomic mass is 9.98. The summed E-state index contributed by atoms with van der Waals surface area (Å²) in [5.41, 5.74) is 6.76. The maximum absolute atomic E-state index is 12.8. The van der Waals surface area contributed by atoms with Gasteiger partial charge >= 0.3 is 0 Å². The molecule has 118 valence electrons. The van der Waals surface area contributed by atoms with Gasteiger partial charge in [-0.3, -0.25) is 9.59 Å². The molecule has 1 aliphatic carbocycles. The molecule has 5 heteroatoms. The van der Waals surface area contributed by atoms with E-state index in [0.29, 0.717) is 5.56 Å². The van der Waals surface area contributed by atoms with Gasteiger partial charge in [0.1, 0.15) is 0 Å². The van der Waals surface area contributed by atoms with Crippen molar-refractivity contribution in [3.8, 4) is 0 Å². The standard InChI is InChI=1S/C17H23N3O2/c1-17(2)10-19-7-8-20(17)16(22)14-9-13(14)11-3-5-12(6-4-11)15(18)21/h3-6,13-14,19H,7-10H2,1-2H3,(H2,18,21). The zero-order valence-corrected chi connectivity index (χ0v) is 13.1. The van der Waals surface area contributed by atoms with E-state index in [4.69, 9.17) is 5.73 Å².